The molecule has 0 spiro atoms. The van der Waals surface area contributed by atoms with Crippen LogP contribution >= 0.6 is 0 Å². The Labute approximate surface area is 243 Å². The van der Waals surface area contributed by atoms with E-state index in [1.807, 2.05) is 0 Å². The number of rotatable bonds is 8. The van der Waals surface area contributed by atoms with Crippen LogP contribution < -0.4 is 20.8 Å². The Balaban J connectivity index is 1.36. The van der Waals surface area contributed by atoms with Crippen LogP contribution in [-0.4, -0.2) is 61.6 Å². The summed E-state index contributed by atoms with van der Waals surface area (Å²) in [5.74, 6) is -7.73. The smallest absolute Gasteiger partial charge is 0.227 e. The number of phenols is 6. The van der Waals surface area contributed by atoms with Crippen LogP contribution in [0.25, 0.3) is 0 Å². The predicted octanol–water partition coefficient (Wildman–Crippen LogP) is 2.50. The normalized spacial score (nSPS) is 25.1. The van der Waals surface area contributed by atoms with Gasteiger partial charge in [0.2, 0.25) is 5.91 Å². The standard InChI is InChI=1S/C30H38N2O10/c33-16-11-18(35)24(31-13-42-15-9-5-2-6-10-15)28(39)20(16)22-26(37)23(27(22)38)21-17(34)12-19(36)25(29(21)40)32-30(41)14-7-3-1-4-8-14/h11-12,14-15,22-23,26-27,31,33-36,39-40H,1-10,13H2,(H,32,41)/q-2. The molecule has 12 nitrogen and oxygen atoms in total. The number of benzene rings is 2. The summed E-state index contributed by atoms with van der Waals surface area (Å²) in [6.45, 7) is -0.0600. The Morgan fingerprint density at radius 3 is 1.74 bits per heavy atom. The zero-order chi connectivity index (χ0) is 30.1. The van der Waals surface area contributed by atoms with Crippen LogP contribution in [0.3, 0.4) is 0 Å². The fourth-order valence-corrected chi connectivity index (χ4v) is 6.65. The number of carbonyl (C=O) groups is 1. The van der Waals surface area contributed by atoms with Gasteiger partial charge in [-0.25, -0.2) is 0 Å². The molecule has 42 heavy (non-hydrogen) atoms. The van der Waals surface area contributed by atoms with E-state index < -0.39 is 75.7 Å². The lowest BCUT2D eigenvalue weighted by molar-refractivity contribution is -0.536. The van der Waals surface area contributed by atoms with E-state index in [1.54, 1.807) is 0 Å². The number of hydrogen-bond donors (Lipinski definition) is 8. The molecule has 0 saturated heterocycles. The van der Waals surface area contributed by atoms with E-state index in [-0.39, 0.29) is 30.0 Å². The summed E-state index contributed by atoms with van der Waals surface area (Å²) >= 11 is 0. The van der Waals surface area contributed by atoms with E-state index in [0.717, 1.165) is 63.5 Å². The van der Waals surface area contributed by atoms with Gasteiger partial charge < -0.3 is 56.2 Å². The highest BCUT2D eigenvalue weighted by atomic mass is 16.5. The van der Waals surface area contributed by atoms with Crippen molar-refractivity contribution in [2.75, 3.05) is 17.4 Å². The lowest BCUT2D eigenvalue weighted by atomic mass is 9.62. The summed E-state index contributed by atoms with van der Waals surface area (Å²) in [6.07, 6.45) is 5.41. The maximum absolute atomic E-state index is 13.4. The lowest BCUT2D eigenvalue weighted by Crippen LogP contribution is -2.63. The van der Waals surface area contributed by atoms with Gasteiger partial charge in [0, 0.05) is 29.2 Å². The minimum absolute atomic E-state index is 0.0274. The van der Waals surface area contributed by atoms with Crippen LogP contribution in [0.15, 0.2) is 12.1 Å². The maximum atomic E-state index is 13.4. The highest BCUT2D eigenvalue weighted by Gasteiger charge is 2.44. The molecule has 0 radical (unpaired) electrons. The van der Waals surface area contributed by atoms with Crippen molar-refractivity contribution in [1.82, 2.24) is 0 Å². The highest BCUT2D eigenvalue weighted by molar-refractivity contribution is 5.96. The van der Waals surface area contributed by atoms with E-state index in [2.05, 4.69) is 10.6 Å². The van der Waals surface area contributed by atoms with Gasteiger partial charge in [0.05, 0.1) is 6.10 Å². The molecule has 0 heterocycles. The van der Waals surface area contributed by atoms with Crippen molar-refractivity contribution in [3.63, 3.8) is 0 Å². The van der Waals surface area contributed by atoms with Crippen molar-refractivity contribution < 1.29 is 50.4 Å². The SMILES string of the molecule is O=C(Nc1c(O)cc(O)c(C2C([O-])C(c3c(O)cc(O)c(NCOC4CCCCC4)c3O)C2[O-])c1O)C1CCCCC1. The predicted molar refractivity (Wildman–Crippen MR) is 148 cm³/mol. The molecule has 3 aliphatic rings. The minimum Gasteiger partial charge on any atom is -0.851 e. The summed E-state index contributed by atoms with van der Waals surface area (Å²) in [4.78, 5) is 12.8. The second kappa shape index (κ2) is 12.3. The van der Waals surface area contributed by atoms with E-state index in [4.69, 9.17) is 4.74 Å². The van der Waals surface area contributed by atoms with E-state index in [9.17, 15) is 45.6 Å². The Kier molecular flexibility index (Phi) is 8.76. The molecular weight excluding hydrogens is 548 g/mol. The average Bonchev–Trinajstić information content (AvgIpc) is 2.97. The van der Waals surface area contributed by atoms with Crippen molar-refractivity contribution in [1.29, 1.82) is 0 Å². The summed E-state index contributed by atoms with van der Waals surface area (Å²) in [5.41, 5.74) is -1.40. The van der Waals surface area contributed by atoms with Gasteiger partial charge in [-0.05, 0) is 37.5 Å². The van der Waals surface area contributed by atoms with Gasteiger partial charge >= 0.3 is 0 Å². The molecule has 2 unspecified atom stereocenters. The average molecular weight is 587 g/mol. The molecule has 2 aromatic rings. The maximum Gasteiger partial charge on any atom is 0.227 e. The fourth-order valence-electron chi connectivity index (χ4n) is 6.65. The van der Waals surface area contributed by atoms with Crippen molar-refractivity contribution >= 4 is 17.3 Å². The molecule has 0 aliphatic heterocycles. The lowest BCUT2D eigenvalue weighted by Gasteiger charge is -2.61. The third-order valence-corrected chi connectivity index (χ3v) is 9.02. The van der Waals surface area contributed by atoms with Crippen LogP contribution in [-0.2, 0) is 9.53 Å². The van der Waals surface area contributed by atoms with Crippen molar-refractivity contribution in [3.8, 4) is 34.5 Å². The molecule has 230 valence electrons. The first kappa shape index (κ1) is 29.9. The first-order valence-electron chi connectivity index (χ1n) is 14.6. The van der Waals surface area contributed by atoms with Crippen molar-refractivity contribution in [2.24, 2.45) is 5.92 Å². The molecule has 12 heteroatoms. The number of aromatic hydroxyl groups is 6. The molecular formula is C30H38N2O10-2. The summed E-state index contributed by atoms with van der Waals surface area (Å²) < 4.78 is 5.77. The molecule has 1 amide bonds. The Morgan fingerprint density at radius 2 is 1.19 bits per heavy atom. The third kappa shape index (κ3) is 5.58. The van der Waals surface area contributed by atoms with Gasteiger partial charge in [0.25, 0.3) is 0 Å². The van der Waals surface area contributed by atoms with Gasteiger partial charge in [-0.1, -0.05) is 38.5 Å². The number of carbonyl (C=O) groups excluding carboxylic acids is 1. The van der Waals surface area contributed by atoms with Crippen LogP contribution in [0, 0.1) is 5.92 Å². The zero-order valence-corrected chi connectivity index (χ0v) is 23.2. The van der Waals surface area contributed by atoms with Gasteiger partial charge in [-0.3, -0.25) is 4.79 Å². The van der Waals surface area contributed by atoms with Gasteiger partial charge in [0.15, 0.2) is 0 Å². The zero-order valence-electron chi connectivity index (χ0n) is 23.2. The third-order valence-electron chi connectivity index (χ3n) is 9.02. The van der Waals surface area contributed by atoms with Crippen molar-refractivity contribution in [3.05, 3.63) is 23.3 Å². The van der Waals surface area contributed by atoms with Crippen molar-refractivity contribution in [2.45, 2.75) is 94.4 Å². The number of amides is 1. The molecule has 3 fully saturated rings. The van der Waals surface area contributed by atoms with E-state index in [0.29, 0.717) is 12.8 Å². The summed E-state index contributed by atoms with van der Waals surface area (Å²) in [5, 5.41) is 95.8. The number of ether oxygens (including phenoxy) is 1. The van der Waals surface area contributed by atoms with Crippen LogP contribution in [0.2, 0.25) is 0 Å². The quantitative estimate of drug-likeness (QED) is 0.128. The first-order chi connectivity index (χ1) is 20.1. The van der Waals surface area contributed by atoms with Gasteiger partial charge in [-0.2, -0.15) is 0 Å². The molecule has 2 aromatic carbocycles. The largest absolute Gasteiger partial charge is 0.851 e. The Morgan fingerprint density at radius 1 is 0.714 bits per heavy atom. The molecule has 2 atom stereocenters. The topological polar surface area (TPSA) is 218 Å². The van der Waals surface area contributed by atoms with E-state index in [1.165, 1.54) is 0 Å². The molecule has 5 rings (SSSR count). The molecule has 3 saturated carbocycles. The molecule has 0 bridgehead atoms. The number of anilines is 2. The summed E-state index contributed by atoms with van der Waals surface area (Å²) in [7, 11) is 0. The second-order valence-corrected chi connectivity index (χ2v) is 11.7. The van der Waals surface area contributed by atoms with Gasteiger partial charge in [-0.15, -0.1) is 12.2 Å². The number of phenolic OH excluding ortho intramolecular Hbond substituents is 6. The molecule has 0 aromatic heterocycles. The molecule has 3 aliphatic carbocycles. The number of nitrogens with one attached hydrogen (secondary N) is 2. The molecule has 8 N–H and O–H groups in total. The Hall–Kier alpha value is -3.61. The van der Waals surface area contributed by atoms with E-state index >= 15 is 0 Å². The van der Waals surface area contributed by atoms with Gasteiger partial charge in [0.1, 0.15) is 52.6 Å². The monoisotopic (exact) mass is 586 g/mol. The summed E-state index contributed by atoms with van der Waals surface area (Å²) in [6, 6.07) is 1.77. The Bertz CT molecular complexity index is 1300. The van der Waals surface area contributed by atoms with Crippen LogP contribution in [0.5, 0.6) is 34.5 Å². The van der Waals surface area contributed by atoms with Crippen LogP contribution in [0.4, 0.5) is 11.4 Å². The minimum atomic E-state index is -1.84. The fraction of sp³-hybridized carbons (Fsp3) is 0.567. The number of hydrogen-bond acceptors (Lipinski definition) is 11. The van der Waals surface area contributed by atoms with Crippen LogP contribution in [0.1, 0.15) is 87.2 Å². The first-order valence-corrected chi connectivity index (χ1v) is 14.6. The highest BCUT2D eigenvalue weighted by Crippen LogP contribution is 2.57. The second-order valence-electron chi connectivity index (χ2n) is 11.7.